The van der Waals surface area contributed by atoms with Gasteiger partial charge < -0.3 is 10.4 Å². The van der Waals surface area contributed by atoms with Crippen molar-refractivity contribution >= 4 is 38.4 Å². The van der Waals surface area contributed by atoms with Gasteiger partial charge in [-0.3, -0.25) is 4.72 Å². The Morgan fingerprint density at radius 3 is 2.07 bits per heavy atom. The van der Waals surface area contributed by atoms with Crippen LogP contribution in [0.5, 0.6) is 5.75 Å². The molecule has 4 rings (SSSR count). The number of hydrogen-bond donors (Lipinski definition) is 3. The van der Waals surface area contributed by atoms with Crippen molar-refractivity contribution in [2.75, 3.05) is 10.0 Å². The average Bonchev–Trinajstić information content (AvgIpc) is 2.69. The van der Waals surface area contributed by atoms with E-state index in [-0.39, 0.29) is 22.3 Å². The highest BCUT2D eigenvalue weighted by Crippen LogP contribution is 2.28. The smallest absolute Gasteiger partial charge is 0.263 e. The number of aromatic hydroxyl groups is 1. The molecule has 0 unspecified atom stereocenters. The number of benzene rings is 3. The van der Waals surface area contributed by atoms with Gasteiger partial charge in [-0.2, -0.15) is 0 Å². The molecular formula is C20H16N4O3S. The van der Waals surface area contributed by atoms with Crippen molar-refractivity contribution in [3.05, 3.63) is 78.9 Å². The Hall–Kier alpha value is -3.65. The molecule has 7 nitrogen and oxygen atoms in total. The van der Waals surface area contributed by atoms with Crippen LogP contribution in [0.3, 0.4) is 0 Å². The highest BCUT2D eigenvalue weighted by Gasteiger charge is 2.18. The third kappa shape index (κ3) is 3.72. The summed E-state index contributed by atoms with van der Waals surface area (Å²) in [5.41, 5.74) is 1.70. The Bertz CT molecular complexity index is 1240. The molecule has 0 aliphatic carbocycles. The Morgan fingerprint density at radius 1 is 0.750 bits per heavy atom. The van der Waals surface area contributed by atoms with Gasteiger partial charge in [0.25, 0.3) is 10.0 Å². The van der Waals surface area contributed by atoms with E-state index in [9.17, 15) is 13.5 Å². The van der Waals surface area contributed by atoms with Crippen LogP contribution >= 0.6 is 0 Å². The lowest BCUT2D eigenvalue weighted by atomic mass is 10.3. The Morgan fingerprint density at radius 2 is 1.39 bits per heavy atom. The molecule has 3 N–H and O–H groups in total. The fourth-order valence-corrected chi connectivity index (χ4v) is 3.69. The number of sulfonamides is 1. The van der Waals surface area contributed by atoms with Crippen LogP contribution in [-0.4, -0.2) is 23.5 Å². The number of phenols is 1. The minimum atomic E-state index is -3.85. The van der Waals surface area contributed by atoms with Gasteiger partial charge in [-0.05, 0) is 36.4 Å². The van der Waals surface area contributed by atoms with Crippen LogP contribution in [0.15, 0.2) is 83.8 Å². The predicted molar refractivity (Wildman–Crippen MR) is 108 cm³/mol. The van der Waals surface area contributed by atoms with Gasteiger partial charge in [-0.15, -0.1) is 0 Å². The molecular weight excluding hydrogens is 376 g/mol. The molecule has 0 spiro atoms. The molecule has 0 atom stereocenters. The highest BCUT2D eigenvalue weighted by molar-refractivity contribution is 7.92. The summed E-state index contributed by atoms with van der Waals surface area (Å²) in [6.45, 7) is 0. The van der Waals surface area contributed by atoms with Crippen molar-refractivity contribution in [1.82, 2.24) is 9.97 Å². The third-order valence-corrected chi connectivity index (χ3v) is 5.32. The third-order valence-electron chi connectivity index (χ3n) is 3.96. The lowest BCUT2D eigenvalue weighted by molar-refractivity contribution is 0.475. The van der Waals surface area contributed by atoms with E-state index in [4.69, 9.17) is 0 Å². The quantitative estimate of drug-likeness (QED) is 0.476. The summed E-state index contributed by atoms with van der Waals surface area (Å²) < 4.78 is 28.0. The van der Waals surface area contributed by atoms with Crippen molar-refractivity contribution < 1.29 is 13.5 Å². The number of fused-ring (bicyclic) bond motifs is 1. The number of nitrogens with zero attached hydrogens (tertiary/aromatic N) is 2. The second-order valence-electron chi connectivity index (χ2n) is 6.00. The Kier molecular flexibility index (Phi) is 4.54. The van der Waals surface area contributed by atoms with Gasteiger partial charge in [-0.1, -0.05) is 36.4 Å². The molecule has 0 bridgehead atoms. The largest absolute Gasteiger partial charge is 0.508 e. The maximum absolute atomic E-state index is 12.7. The first-order chi connectivity index (χ1) is 13.5. The van der Waals surface area contributed by atoms with E-state index in [2.05, 4.69) is 20.0 Å². The lowest BCUT2D eigenvalue weighted by Gasteiger charge is -2.14. The second-order valence-corrected chi connectivity index (χ2v) is 7.69. The molecule has 0 aliphatic heterocycles. The van der Waals surface area contributed by atoms with Gasteiger partial charge in [0.2, 0.25) is 0 Å². The van der Waals surface area contributed by atoms with E-state index in [1.54, 1.807) is 48.5 Å². The minimum Gasteiger partial charge on any atom is -0.508 e. The SMILES string of the molecule is O=S(=O)(Nc1nc2ccccc2nc1Nc1cccc(O)c1)c1ccccc1. The first-order valence-corrected chi connectivity index (χ1v) is 9.90. The summed E-state index contributed by atoms with van der Waals surface area (Å²) in [5, 5.41) is 12.7. The van der Waals surface area contributed by atoms with Crippen LogP contribution in [0.1, 0.15) is 0 Å². The molecule has 0 radical (unpaired) electrons. The number of anilines is 3. The van der Waals surface area contributed by atoms with Gasteiger partial charge in [0.1, 0.15) is 5.75 Å². The van der Waals surface area contributed by atoms with E-state index < -0.39 is 10.0 Å². The van der Waals surface area contributed by atoms with Crippen LogP contribution in [0.4, 0.5) is 17.3 Å². The predicted octanol–water partition coefficient (Wildman–Crippen LogP) is 3.88. The van der Waals surface area contributed by atoms with Gasteiger partial charge >= 0.3 is 0 Å². The monoisotopic (exact) mass is 392 g/mol. The van der Waals surface area contributed by atoms with Gasteiger partial charge in [0.05, 0.1) is 15.9 Å². The molecule has 0 aliphatic rings. The fourth-order valence-electron chi connectivity index (χ4n) is 2.66. The topological polar surface area (TPSA) is 104 Å². The van der Waals surface area contributed by atoms with Crippen LogP contribution < -0.4 is 10.0 Å². The van der Waals surface area contributed by atoms with Crippen LogP contribution in [0, 0.1) is 0 Å². The minimum absolute atomic E-state index is 0.0610. The lowest BCUT2D eigenvalue weighted by Crippen LogP contribution is -2.15. The van der Waals surface area contributed by atoms with Crippen molar-refractivity contribution in [3.8, 4) is 5.75 Å². The fraction of sp³-hybridized carbons (Fsp3) is 0. The van der Waals surface area contributed by atoms with Gasteiger partial charge in [-0.25, -0.2) is 18.4 Å². The first kappa shape index (κ1) is 17.7. The number of rotatable bonds is 5. The number of hydrogen-bond acceptors (Lipinski definition) is 6. The normalized spacial score (nSPS) is 11.3. The maximum atomic E-state index is 12.7. The van der Waals surface area contributed by atoms with Crippen molar-refractivity contribution in [2.45, 2.75) is 4.90 Å². The van der Waals surface area contributed by atoms with Gasteiger partial charge in [0, 0.05) is 11.8 Å². The van der Waals surface area contributed by atoms with Crippen LogP contribution in [0.2, 0.25) is 0 Å². The zero-order chi connectivity index (χ0) is 19.6. The summed E-state index contributed by atoms with van der Waals surface area (Å²) in [6, 6.07) is 21.6. The number of para-hydroxylation sites is 2. The number of nitrogens with one attached hydrogen (secondary N) is 2. The Balaban J connectivity index is 1.79. The molecule has 1 aromatic heterocycles. The highest BCUT2D eigenvalue weighted by atomic mass is 32.2. The van der Waals surface area contributed by atoms with E-state index in [1.165, 1.54) is 24.3 Å². The zero-order valence-electron chi connectivity index (χ0n) is 14.6. The number of aromatic nitrogens is 2. The number of phenolic OH excluding ortho intramolecular Hbond substituents is 1. The molecule has 140 valence electrons. The Labute approximate surface area is 161 Å². The molecule has 0 amide bonds. The molecule has 0 saturated heterocycles. The molecule has 8 heteroatoms. The van der Waals surface area contributed by atoms with Crippen LogP contribution in [0.25, 0.3) is 11.0 Å². The van der Waals surface area contributed by atoms with E-state index in [0.29, 0.717) is 16.7 Å². The summed E-state index contributed by atoms with van der Waals surface area (Å²) in [5.74, 6) is 0.361. The zero-order valence-corrected chi connectivity index (χ0v) is 15.4. The molecule has 0 saturated carbocycles. The van der Waals surface area contributed by atoms with E-state index in [0.717, 1.165) is 0 Å². The van der Waals surface area contributed by atoms with Crippen molar-refractivity contribution in [1.29, 1.82) is 0 Å². The van der Waals surface area contributed by atoms with E-state index >= 15 is 0 Å². The van der Waals surface area contributed by atoms with Gasteiger partial charge in [0.15, 0.2) is 11.6 Å². The van der Waals surface area contributed by atoms with E-state index in [1.807, 2.05) is 6.07 Å². The molecule has 4 aromatic rings. The standard InChI is InChI=1S/C20H16N4O3S/c25-15-8-6-7-14(13-15)21-19-20(23-18-12-5-4-11-17(18)22-19)24-28(26,27)16-9-2-1-3-10-16/h1-13,25H,(H,21,22)(H,23,24). The molecule has 1 heterocycles. The summed E-state index contributed by atoms with van der Waals surface area (Å²) >= 11 is 0. The maximum Gasteiger partial charge on any atom is 0.263 e. The summed E-state index contributed by atoms with van der Waals surface area (Å²) in [6.07, 6.45) is 0. The molecule has 28 heavy (non-hydrogen) atoms. The van der Waals surface area contributed by atoms with Crippen LogP contribution in [-0.2, 0) is 10.0 Å². The van der Waals surface area contributed by atoms with Crippen molar-refractivity contribution in [2.24, 2.45) is 0 Å². The first-order valence-electron chi connectivity index (χ1n) is 8.42. The summed E-state index contributed by atoms with van der Waals surface area (Å²) in [7, 11) is -3.85. The van der Waals surface area contributed by atoms with Crippen molar-refractivity contribution in [3.63, 3.8) is 0 Å². The molecule has 0 fully saturated rings. The average molecular weight is 392 g/mol. The summed E-state index contributed by atoms with van der Waals surface area (Å²) in [4.78, 5) is 9.04. The second kappa shape index (κ2) is 7.16. The molecule has 3 aromatic carbocycles.